The minimum Gasteiger partial charge on any atom is -0.490 e. The quantitative estimate of drug-likeness (QED) is 0.299. The van der Waals surface area contributed by atoms with E-state index in [1.165, 1.54) is 11.1 Å². The Bertz CT molecular complexity index is 1730. The molecule has 0 saturated heterocycles. The molecular weight excluding hydrogens is 608 g/mol. The number of rotatable bonds is 1. The van der Waals surface area contributed by atoms with E-state index in [9.17, 15) is 18.3 Å². The van der Waals surface area contributed by atoms with Gasteiger partial charge in [-0.2, -0.15) is 0 Å². The first kappa shape index (κ1) is 30.3. The highest BCUT2D eigenvalue weighted by Crippen LogP contribution is 2.47. The highest BCUT2D eigenvalue weighted by molar-refractivity contribution is 7.90. The van der Waals surface area contributed by atoms with E-state index in [0.29, 0.717) is 37.4 Å². The Hall–Kier alpha value is -3.33. The summed E-state index contributed by atoms with van der Waals surface area (Å²) in [5.41, 5.74) is 3.89. The molecule has 1 fully saturated rings. The number of nitrogens with one attached hydrogen (secondary N) is 1. The topological polar surface area (TPSA) is 95.9 Å². The number of benzene rings is 3. The van der Waals surface area contributed by atoms with Gasteiger partial charge in [0.15, 0.2) is 0 Å². The van der Waals surface area contributed by atoms with Crippen molar-refractivity contribution in [1.29, 1.82) is 0 Å². The van der Waals surface area contributed by atoms with Crippen LogP contribution in [0.25, 0.3) is 0 Å². The van der Waals surface area contributed by atoms with E-state index in [-0.39, 0.29) is 29.2 Å². The number of aryl methyl sites for hydroxylation is 1. The first-order chi connectivity index (χ1) is 21.7. The maximum Gasteiger partial charge on any atom is 0.264 e. The molecule has 0 aromatic heterocycles. The van der Waals surface area contributed by atoms with Gasteiger partial charge < -0.3 is 14.7 Å². The van der Waals surface area contributed by atoms with Crippen LogP contribution in [0.1, 0.15) is 70.8 Å². The summed E-state index contributed by atoms with van der Waals surface area (Å²) >= 11 is 6.40. The van der Waals surface area contributed by atoms with Crippen LogP contribution in [-0.2, 0) is 21.9 Å². The molecule has 1 saturated carbocycles. The minimum absolute atomic E-state index is 0.107. The average Bonchev–Trinajstić information content (AvgIpc) is 3.15. The van der Waals surface area contributed by atoms with Crippen molar-refractivity contribution in [3.05, 3.63) is 106 Å². The third kappa shape index (κ3) is 5.88. The highest BCUT2D eigenvalue weighted by Gasteiger charge is 2.44. The lowest BCUT2D eigenvalue weighted by atomic mass is 9.68. The Morgan fingerprint density at radius 1 is 1.02 bits per heavy atom. The fourth-order valence-electron chi connectivity index (χ4n) is 7.86. The average molecular weight is 647 g/mol. The lowest BCUT2D eigenvalue weighted by Gasteiger charge is -2.45. The zero-order valence-electron chi connectivity index (χ0n) is 25.2. The number of hydrogen-bond acceptors (Lipinski definition) is 6. The first-order valence-corrected chi connectivity index (χ1v) is 17.9. The molecule has 5 atom stereocenters. The summed E-state index contributed by atoms with van der Waals surface area (Å²) in [6.45, 7) is 1.88. The molecule has 0 radical (unpaired) electrons. The Labute approximate surface area is 270 Å². The smallest absolute Gasteiger partial charge is 0.264 e. The van der Waals surface area contributed by atoms with Crippen molar-refractivity contribution in [2.45, 2.75) is 61.7 Å². The lowest BCUT2D eigenvalue weighted by Crippen LogP contribution is -2.49. The molecule has 3 aromatic rings. The van der Waals surface area contributed by atoms with Crippen molar-refractivity contribution in [3.63, 3.8) is 0 Å². The standard InChI is InChI=1S/C36H39ClN2O5S/c37-28-14-16-30-25(19-28)9-6-18-36(30)22-39-21-27-12-15-29(27)32(40)10-4-5-11-34(24-7-2-1-3-8-24)45(42,43)38-35(41)26-13-17-33(44-23-36)31(39)20-26/h1-4,7-8,10,13-14,16-17,19-20,27,29,32,34,40H,5-6,9,11-12,15,18,21-23H2,(H,38,41)/b10-4+/t27-,29+,32-,34-,36-/m0/s1. The van der Waals surface area contributed by atoms with E-state index in [1.807, 2.05) is 24.3 Å². The summed E-state index contributed by atoms with van der Waals surface area (Å²) in [5, 5.41) is 11.0. The van der Waals surface area contributed by atoms with Crippen molar-refractivity contribution in [3.8, 4) is 5.75 Å². The zero-order valence-corrected chi connectivity index (χ0v) is 26.8. The number of sulfonamides is 1. The Morgan fingerprint density at radius 2 is 1.87 bits per heavy atom. The molecule has 2 heterocycles. The van der Waals surface area contributed by atoms with Crippen molar-refractivity contribution in [2.24, 2.45) is 11.8 Å². The number of nitrogens with zero attached hydrogens (tertiary/aromatic N) is 1. The van der Waals surface area contributed by atoms with Gasteiger partial charge in [0.05, 0.1) is 18.4 Å². The molecule has 2 N–H and O–H groups in total. The fourth-order valence-corrected chi connectivity index (χ4v) is 9.54. The van der Waals surface area contributed by atoms with E-state index < -0.39 is 27.3 Å². The highest BCUT2D eigenvalue weighted by atomic mass is 35.5. The van der Waals surface area contributed by atoms with Crippen molar-refractivity contribution >= 4 is 33.2 Å². The normalized spacial score (nSPS) is 30.1. The summed E-state index contributed by atoms with van der Waals surface area (Å²) in [6, 6.07) is 20.4. The second-order valence-corrected chi connectivity index (χ2v) is 15.5. The number of carbonyl (C=O) groups excluding carboxylic acids is 1. The SMILES string of the molecule is O=C1NS(=O)(=O)[C@H](c2ccccc2)CC/C=C/[C@H](O)[C@@H]2CC[C@H]2CN2C[C@@]3(CCCc4cc(Cl)ccc43)COc3ccc1cc32. The van der Waals surface area contributed by atoms with E-state index in [1.54, 1.807) is 42.5 Å². The van der Waals surface area contributed by atoms with Gasteiger partial charge in [-0.15, -0.1) is 0 Å². The fraction of sp³-hybridized carbons (Fsp3) is 0.417. The molecule has 2 bridgehead atoms. The predicted molar refractivity (Wildman–Crippen MR) is 176 cm³/mol. The summed E-state index contributed by atoms with van der Waals surface area (Å²) in [6.07, 6.45) is 8.73. The van der Waals surface area contributed by atoms with Crippen LogP contribution in [0.3, 0.4) is 0 Å². The predicted octanol–water partition coefficient (Wildman–Crippen LogP) is 6.35. The van der Waals surface area contributed by atoms with Gasteiger partial charge >= 0.3 is 0 Å². The second-order valence-electron chi connectivity index (χ2n) is 13.2. The number of ether oxygens (including phenoxy) is 1. The van der Waals surface area contributed by atoms with Gasteiger partial charge in [-0.25, -0.2) is 13.1 Å². The number of halogens is 1. The summed E-state index contributed by atoms with van der Waals surface area (Å²) in [4.78, 5) is 15.9. The third-order valence-electron chi connectivity index (χ3n) is 10.4. The molecular formula is C36H39ClN2O5S. The number of aliphatic hydroxyl groups is 1. The number of amides is 1. The first-order valence-electron chi connectivity index (χ1n) is 16.0. The van der Waals surface area contributed by atoms with Crippen LogP contribution in [0.15, 0.2) is 78.9 Å². The van der Waals surface area contributed by atoms with Crippen LogP contribution >= 0.6 is 11.6 Å². The molecule has 236 valence electrons. The van der Waals surface area contributed by atoms with Gasteiger partial charge in [0, 0.05) is 29.1 Å². The van der Waals surface area contributed by atoms with Gasteiger partial charge in [-0.05, 0) is 104 Å². The van der Waals surface area contributed by atoms with Crippen LogP contribution in [0.5, 0.6) is 5.75 Å². The Morgan fingerprint density at radius 3 is 2.67 bits per heavy atom. The molecule has 2 aliphatic heterocycles. The van der Waals surface area contributed by atoms with Crippen molar-refractivity contribution < 1.29 is 23.1 Å². The van der Waals surface area contributed by atoms with Crippen LogP contribution in [-0.4, -0.2) is 45.2 Å². The molecule has 45 heavy (non-hydrogen) atoms. The van der Waals surface area contributed by atoms with E-state index in [4.69, 9.17) is 16.3 Å². The number of allylic oxidation sites excluding steroid dienone is 1. The summed E-state index contributed by atoms with van der Waals surface area (Å²) in [7, 11) is -4.08. The van der Waals surface area contributed by atoms with Crippen LogP contribution in [0, 0.1) is 11.8 Å². The Kier molecular flexibility index (Phi) is 8.17. The molecule has 9 heteroatoms. The minimum atomic E-state index is -4.08. The zero-order chi connectivity index (χ0) is 31.2. The van der Waals surface area contributed by atoms with Crippen LogP contribution in [0.4, 0.5) is 5.69 Å². The number of anilines is 1. The maximum atomic E-state index is 13.7. The molecule has 1 spiro atoms. The molecule has 7 rings (SSSR count). The lowest BCUT2D eigenvalue weighted by molar-refractivity contribution is 0.0456. The number of hydrogen-bond donors (Lipinski definition) is 2. The van der Waals surface area contributed by atoms with Gasteiger partial charge in [0.25, 0.3) is 5.91 Å². The molecule has 7 nitrogen and oxygen atoms in total. The van der Waals surface area contributed by atoms with Gasteiger partial charge in [0.1, 0.15) is 11.0 Å². The van der Waals surface area contributed by atoms with Crippen LogP contribution < -0.4 is 14.4 Å². The maximum absolute atomic E-state index is 13.7. The van der Waals surface area contributed by atoms with E-state index >= 15 is 0 Å². The Balaban J connectivity index is 1.29. The molecule has 0 unspecified atom stereocenters. The molecule has 1 amide bonds. The molecule has 3 aromatic carbocycles. The second kappa shape index (κ2) is 12.1. The van der Waals surface area contributed by atoms with E-state index in [0.717, 1.165) is 42.8 Å². The van der Waals surface area contributed by atoms with E-state index in [2.05, 4.69) is 21.8 Å². The number of fused-ring (bicyclic) bond motifs is 4. The third-order valence-corrected chi connectivity index (χ3v) is 12.3. The summed E-state index contributed by atoms with van der Waals surface area (Å²) in [5.74, 6) is 0.390. The van der Waals surface area contributed by atoms with Crippen molar-refractivity contribution in [2.75, 3.05) is 24.6 Å². The summed E-state index contributed by atoms with van der Waals surface area (Å²) < 4.78 is 36.4. The van der Waals surface area contributed by atoms with Crippen molar-refractivity contribution in [1.82, 2.24) is 4.72 Å². The van der Waals surface area contributed by atoms with Crippen LogP contribution in [0.2, 0.25) is 5.02 Å². The van der Waals surface area contributed by atoms with Gasteiger partial charge in [0.2, 0.25) is 10.0 Å². The monoisotopic (exact) mass is 646 g/mol. The molecule has 4 aliphatic rings. The van der Waals surface area contributed by atoms with Gasteiger partial charge in [-0.1, -0.05) is 60.2 Å². The molecule has 2 aliphatic carbocycles. The number of carbonyl (C=O) groups is 1. The largest absolute Gasteiger partial charge is 0.490 e. The van der Waals surface area contributed by atoms with Gasteiger partial charge in [-0.3, -0.25) is 4.79 Å². The number of aliphatic hydroxyl groups excluding tert-OH is 1.